The highest BCUT2D eigenvalue weighted by Crippen LogP contribution is 2.29. The van der Waals surface area contributed by atoms with Crippen molar-refractivity contribution >= 4 is 34.0 Å². The van der Waals surface area contributed by atoms with Crippen LogP contribution in [-0.2, 0) is 22.6 Å². The fraction of sp³-hybridized carbons (Fsp3) is 0.227. The number of carbonyl (C=O) groups is 2. The van der Waals surface area contributed by atoms with Crippen molar-refractivity contribution in [3.05, 3.63) is 70.2 Å². The van der Waals surface area contributed by atoms with Gasteiger partial charge in [-0.15, -0.1) is 11.3 Å². The summed E-state index contributed by atoms with van der Waals surface area (Å²) in [6, 6.07) is 12.5. The number of hydrogen-bond acceptors (Lipinski definition) is 6. The lowest BCUT2D eigenvalue weighted by Gasteiger charge is -2.18. The van der Waals surface area contributed by atoms with E-state index in [-0.39, 0.29) is 23.8 Å². The summed E-state index contributed by atoms with van der Waals surface area (Å²) in [5.41, 5.74) is 3.40. The number of phenolic OH excluding ortho intramolecular Hbond substituents is 1. The maximum atomic E-state index is 12.3. The van der Waals surface area contributed by atoms with Crippen LogP contribution in [0.2, 0.25) is 0 Å². The Morgan fingerprint density at radius 2 is 1.90 bits per heavy atom. The SMILES string of the molecule is CCc1ccc(N(C(C)=O)c2nc(COC(=O)c3cc(C)ccc3O)cs2)cc1. The second-order valence-corrected chi connectivity index (χ2v) is 7.43. The predicted molar refractivity (Wildman–Crippen MR) is 113 cm³/mol. The number of anilines is 2. The van der Waals surface area contributed by atoms with E-state index in [0.717, 1.165) is 17.7 Å². The first-order valence-corrected chi connectivity index (χ1v) is 10.1. The zero-order valence-corrected chi connectivity index (χ0v) is 17.3. The Morgan fingerprint density at radius 3 is 2.55 bits per heavy atom. The molecule has 3 rings (SSSR count). The maximum absolute atomic E-state index is 12.3. The molecule has 3 aromatic rings. The number of aryl methyl sites for hydroxylation is 2. The number of benzene rings is 2. The molecular weight excluding hydrogens is 388 g/mol. The van der Waals surface area contributed by atoms with E-state index in [2.05, 4.69) is 11.9 Å². The monoisotopic (exact) mass is 410 g/mol. The van der Waals surface area contributed by atoms with E-state index in [9.17, 15) is 14.7 Å². The smallest absolute Gasteiger partial charge is 0.342 e. The number of carbonyl (C=O) groups excluding carboxylic acids is 2. The molecule has 0 aliphatic heterocycles. The Hall–Kier alpha value is -3.19. The highest BCUT2D eigenvalue weighted by atomic mass is 32.1. The van der Waals surface area contributed by atoms with E-state index >= 15 is 0 Å². The van der Waals surface area contributed by atoms with Crippen LogP contribution in [0.5, 0.6) is 5.75 Å². The van der Waals surface area contributed by atoms with E-state index in [4.69, 9.17) is 4.74 Å². The average Bonchev–Trinajstić information content (AvgIpc) is 3.16. The molecule has 0 atom stereocenters. The van der Waals surface area contributed by atoms with Crippen LogP contribution in [-0.4, -0.2) is 22.0 Å². The third kappa shape index (κ3) is 4.81. The molecule has 0 radical (unpaired) electrons. The number of ether oxygens (including phenoxy) is 1. The van der Waals surface area contributed by atoms with Crippen molar-refractivity contribution in [3.8, 4) is 5.75 Å². The van der Waals surface area contributed by atoms with Crippen molar-refractivity contribution in [2.75, 3.05) is 4.90 Å². The lowest BCUT2D eigenvalue weighted by molar-refractivity contribution is -0.115. The van der Waals surface area contributed by atoms with Crippen molar-refractivity contribution in [2.45, 2.75) is 33.8 Å². The van der Waals surface area contributed by atoms with Gasteiger partial charge in [-0.2, -0.15) is 0 Å². The van der Waals surface area contributed by atoms with Gasteiger partial charge in [0.25, 0.3) is 0 Å². The minimum absolute atomic E-state index is 0.0523. The van der Waals surface area contributed by atoms with Crippen LogP contribution < -0.4 is 4.90 Å². The van der Waals surface area contributed by atoms with Gasteiger partial charge in [-0.3, -0.25) is 9.69 Å². The lowest BCUT2D eigenvalue weighted by atomic mass is 10.1. The maximum Gasteiger partial charge on any atom is 0.342 e. The van der Waals surface area contributed by atoms with Gasteiger partial charge < -0.3 is 9.84 Å². The molecule has 1 amide bonds. The Balaban J connectivity index is 1.73. The van der Waals surface area contributed by atoms with Gasteiger partial charge in [0, 0.05) is 12.3 Å². The number of esters is 1. The van der Waals surface area contributed by atoms with Crippen molar-refractivity contribution in [1.82, 2.24) is 4.98 Å². The van der Waals surface area contributed by atoms with Crippen molar-refractivity contribution in [3.63, 3.8) is 0 Å². The topological polar surface area (TPSA) is 79.7 Å². The summed E-state index contributed by atoms with van der Waals surface area (Å²) >= 11 is 1.30. The summed E-state index contributed by atoms with van der Waals surface area (Å²) < 4.78 is 5.28. The molecule has 0 bridgehead atoms. The normalized spacial score (nSPS) is 10.6. The van der Waals surface area contributed by atoms with Gasteiger partial charge in [0.1, 0.15) is 17.9 Å². The number of nitrogens with zero attached hydrogens (tertiary/aromatic N) is 2. The van der Waals surface area contributed by atoms with Gasteiger partial charge in [0.15, 0.2) is 5.13 Å². The minimum Gasteiger partial charge on any atom is -0.507 e. The third-order valence-corrected chi connectivity index (χ3v) is 5.25. The fourth-order valence-corrected chi connectivity index (χ4v) is 3.68. The van der Waals surface area contributed by atoms with Crippen LogP contribution in [0.25, 0.3) is 0 Å². The molecule has 0 saturated carbocycles. The number of amides is 1. The molecule has 6 nitrogen and oxygen atoms in total. The second-order valence-electron chi connectivity index (χ2n) is 6.59. The quantitative estimate of drug-likeness (QED) is 0.593. The van der Waals surface area contributed by atoms with Crippen molar-refractivity contribution < 1.29 is 19.4 Å². The molecule has 150 valence electrons. The largest absolute Gasteiger partial charge is 0.507 e. The van der Waals surface area contributed by atoms with Gasteiger partial charge in [0.05, 0.1) is 11.4 Å². The summed E-state index contributed by atoms with van der Waals surface area (Å²) in [7, 11) is 0. The molecule has 0 spiro atoms. The zero-order valence-electron chi connectivity index (χ0n) is 16.5. The fourth-order valence-electron chi connectivity index (χ4n) is 2.80. The zero-order chi connectivity index (χ0) is 21.0. The predicted octanol–water partition coefficient (Wildman–Crippen LogP) is 4.76. The number of hydrogen-bond donors (Lipinski definition) is 1. The molecule has 2 aromatic carbocycles. The Kier molecular flexibility index (Phi) is 6.29. The van der Waals surface area contributed by atoms with Crippen LogP contribution in [0.1, 0.15) is 41.0 Å². The van der Waals surface area contributed by atoms with Gasteiger partial charge in [-0.05, 0) is 43.2 Å². The molecule has 7 heteroatoms. The molecule has 0 fully saturated rings. The van der Waals surface area contributed by atoms with E-state index in [0.29, 0.717) is 10.8 Å². The van der Waals surface area contributed by atoms with E-state index in [1.807, 2.05) is 31.2 Å². The molecular formula is C22H22N2O4S. The molecule has 0 aliphatic carbocycles. The Labute approximate surface area is 173 Å². The van der Waals surface area contributed by atoms with Crippen LogP contribution >= 0.6 is 11.3 Å². The standard InChI is InChI=1S/C22H22N2O4S/c1-4-16-6-8-18(9-7-16)24(15(3)25)22-23-17(13-29-22)12-28-21(27)19-11-14(2)5-10-20(19)26/h5-11,13,26H,4,12H2,1-3H3. The summed E-state index contributed by atoms with van der Waals surface area (Å²) in [5.74, 6) is -0.908. The van der Waals surface area contributed by atoms with E-state index in [1.54, 1.807) is 17.5 Å². The summed E-state index contributed by atoms with van der Waals surface area (Å²) in [6.07, 6.45) is 0.920. The molecule has 29 heavy (non-hydrogen) atoms. The highest BCUT2D eigenvalue weighted by molar-refractivity contribution is 7.14. The number of phenols is 1. The minimum atomic E-state index is -0.626. The van der Waals surface area contributed by atoms with Crippen molar-refractivity contribution in [1.29, 1.82) is 0 Å². The Bertz CT molecular complexity index is 1030. The molecule has 1 heterocycles. The van der Waals surface area contributed by atoms with E-state index < -0.39 is 5.97 Å². The molecule has 0 saturated heterocycles. The summed E-state index contributed by atoms with van der Waals surface area (Å²) in [4.78, 5) is 30.4. The first kappa shape index (κ1) is 20.5. The van der Waals surface area contributed by atoms with Gasteiger partial charge in [0.2, 0.25) is 5.91 Å². The number of aromatic hydroxyl groups is 1. The number of aromatic nitrogens is 1. The lowest BCUT2D eigenvalue weighted by Crippen LogP contribution is -2.22. The summed E-state index contributed by atoms with van der Waals surface area (Å²) in [5, 5.41) is 12.1. The number of rotatable bonds is 6. The van der Waals surface area contributed by atoms with Crippen LogP contribution in [0.4, 0.5) is 10.8 Å². The molecule has 0 unspecified atom stereocenters. The summed E-state index contributed by atoms with van der Waals surface area (Å²) in [6.45, 7) is 5.33. The highest BCUT2D eigenvalue weighted by Gasteiger charge is 2.19. The van der Waals surface area contributed by atoms with Crippen LogP contribution in [0.15, 0.2) is 47.8 Å². The van der Waals surface area contributed by atoms with Gasteiger partial charge in [-0.25, -0.2) is 9.78 Å². The second kappa shape index (κ2) is 8.87. The first-order chi connectivity index (χ1) is 13.9. The van der Waals surface area contributed by atoms with Crippen LogP contribution in [0, 0.1) is 6.92 Å². The molecule has 1 N–H and O–H groups in total. The average molecular weight is 410 g/mol. The van der Waals surface area contributed by atoms with Crippen LogP contribution in [0.3, 0.4) is 0 Å². The Morgan fingerprint density at radius 1 is 1.17 bits per heavy atom. The molecule has 0 aliphatic rings. The van der Waals surface area contributed by atoms with Gasteiger partial charge >= 0.3 is 5.97 Å². The van der Waals surface area contributed by atoms with E-state index in [1.165, 1.54) is 34.8 Å². The molecule has 1 aromatic heterocycles. The van der Waals surface area contributed by atoms with Crippen molar-refractivity contribution in [2.24, 2.45) is 0 Å². The number of thiazole rings is 1. The third-order valence-electron chi connectivity index (χ3n) is 4.37. The van der Waals surface area contributed by atoms with Gasteiger partial charge in [-0.1, -0.05) is 30.7 Å². The first-order valence-electron chi connectivity index (χ1n) is 9.19.